The fourth-order valence-corrected chi connectivity index (χ4v) is 3.38. The first kappa shape index (κ1) is 15.4. The number of hydrogen-bond acceptors (Lipinski definition) is 3. The molecule has 1 aliphatic rings. The topological polar surface area (TPSA) is 52.6 Å². The minimum absolute atomic E-state index is 0.419. The second-order valence-corrected chi connectivity index (χ2v) is 6.08. The molecule has 3 aromatic carbocycles. The Bertz CT molecular complexity index is 872. The maximum atomic E-state index is 11.6. The Hall–Kier alpha value is -3.11. The van der Waals surface area contributed by atoms with Crippen molar-refractivity contribution in [3.63, 3.8) is 0 Å². The molecule has 0 radical (unpaired) electrons. The van der Waals surface area contributed by atoms with E-state index in [2.05, 4.69) is 41.3 Å². The molecular formula is C21H18N2O2. The van der Waals surface area contributed by atoms with Gasteiger partial charge in [0.05, 0.1) is 0 Å². The third kappa shape index (κ3) is 2.77. The van der Waals surface area contributed by atoms with E-state index in [4.69, 9.17) is 5.21 Å². The van der Waals surface area contributed by atoms with E-state index in [1.165, 1.54) is 11.1 Å². The molecule has 4 rings (SSSR count). The molecule has 0 aromatic heterocycles. The summed E-state index contributed by atoms with van der Waals surface area (Å²) in [6.07, 6.45) is 1.99. The van der Waals surface area contributed by atoms with E-state index >= 15 is 0 Å². The van der Waals surface area contributed by atoms with Crippen molar-refractivity contribution in [1.29, 1.82) is 0 Å². The summed E-state index contributed by atoms with van der Waals surface area (Å²) in [5, 5.41) is 8.79. The molecule has 4 nitrogen and oxygen atoms in total. The number of para-hydroxylation sites is 2. The van der Waals surface area contributed by atoms with Crippen molar-refractivity contribution in [1.82, 2.24) is 5.48 Å². The highest BCUT2D eigenvalue weighted by molar-refractivity contribution is 5.94. The summed E-state index contributed by atoms with van der Waals surface area (Å²) < 4.78 is 0. The molecule has 0 bridgehead atoms. The zero-order chi connectivity index (χ0) is 17.2. The first-order valence-corrected chi connectivity index (χ1v) is 8.28. The Kier molecular flexibility index (Phi) is 3.96. The summed E-state index contributed by atoms with van der Waals surface area (Å²) in [5.41, 5.74) is 7.99. The van der Waals surface area contributed by atoms with Gasteiger partial charge in [-0.2, -0.15) is 0 Å². The SMILES string of the molecule is O=C(NO)c1ccc(N2c3ccccc3CCc3ccccc32)cc1. The van der Waals surface area contributed by atoms with Gasteiger partial charge in [0.25, 0.3) is 5.91 Å². The number of hydrogen-bond donors (Lipinski definition) is 2. The number of amides is 1. The Balaban J connectivity index is 1.86. The molecule has 3 aromatic rings. The average molecular weight is 330 g/mol. The first-order chi connectivity index (χ1) is 12.3. The van der Waals surface area contributed by atoms with E-state index in [0.29, 0.717) is 5.56 Å². The zero-order valence-corrected chi connectivity index (χ0v) is 13.6. The highest BCUT2D eigenvalue weighted by Crippen LogP contribution is 2.41. The molecule has 0 unspecified atom stereocenters. The Morgan fingerprint density at radius 1 is 0.800 bits per heavy atom. The summed E-state index contributed by atoms with van der Waals surface area (Å²) in [6.45, 7) is 0. The van der Waals surface area contributed by atoms with E-state index < -0.39 is 5.91 Å². The molecule has 0 saturated carbocycles. The summed E-state index contributed by atoms with van der Waals surface area (Å²) >= 11 is 0. The molecule has 1 heterocycles. The number of rotatable bonds is 2. The van der Waals surface area contributed by atoms with E-state index in [1.807, 2.05) is 24.3 Å². The van der Waals surface area contributed by atoms with Gasteiger partial charge in [0.2, 0.25) is 0 Å². The number of fused-ring (bicyclic) bond motifs is 2. The third-order valence-electron chi connectivity index (χ3n) is 4.62. The summed E-state index contributed by atoms with van der Waals surface area (Å²) in [5.74, 6) is -0.511. The van der Waals surface area contributed by atoms with Crippen molar-refractivity contribution in [3.8, 4) is 0 Å². The molecule has 0 spiro atoms. The molecule has 0 saturated heterocycles. The van der Waals surface area contributed by atoms with Gasteiger partial charge in [0.15, 0.2) is 0 Å². The van der Waals surface area contributed by atoms with Gasteiger partial charge in [0, 0.05) is 22.6 Å². The van der Waals surface area contributed by atoms with Crippen molar-refractivity contribution in [2.24, 2.45) is 0 Å². The van der Waals surface area contributed by atoms with Crippen LogP contribution in [0, 0.1) is 0 Å². The molecular weight excluding hydrogens is 312 g/mol. The number of benzene rings is 3. The van der Waals surface area contributed by atoms with Crippen LogP contribution in [0.4, 0.5) is 17.1 Å². The molecule has 0 aliphatic carbocycles. The number of anilines is 3. The summed E-state index contributed by atoms with van der Waals surface area (Å²) in [4.78, 5) is 13.8. The van der Waals surface area contributed by atoms with Gasteiger partial charge in [-0.3, -0.25) is 10.0 Å². The number of carbonyl (C=O) groups is 1. The molecule has 25 heavy (non-hydrogen) atoms. The maximum absolute atomic E-state index is 11.6. The van der Waals surface area contributed by atoms with Crippen LogP contribution >= 0.6 is 0 Å². The number of nitrogens with zero attached hydrogens (tertiary/aromatic N) is 1. The smallest absolute Gasteiger partial charge is 0.274 e. The van der Waals surface area contributed by atoms with Crippen LogP contribution in [0.5, 0.6) is 0 Å². The molecule has 0 fully saturated rings. The Labute approximate surface area is 146 Å². The Morgan fingerprint density at radius 2 is 1.32 bits per heavy atom. The maximum Gasteiger partial charge on any atom is 0.274 e. The molecule has 124 valence electrons. The number of aryl methyl sites for hydroxylation is 2. The van der Waals surface area contributed by atoms with Gasteiger partial charge in [-0.25, -0.2) is 5.48 Å². The molecule has 4 heteroatoms. The normalized spacial score (nSPS) is 12.8. The van der Waals surface area contributed by atoms with E-state index in [0.717, 1.165) is 29.9 Å². The van der Waals surface area contributed by atoms with Crippen molar-refractivity contribution in [2.75, 3.05) is 4.90 Å². The number of hydroxylamine groups is 1. The summed E-state index contributed by atoms with van der Waals surface area (Å²) in [6, 6.07) is 24.1. The number of nitrogens with one attached hydrogen (secondary N) is 1. The zero-order valence-electron chi connectivity index (χ0n) is 13.6. The predicted molar refractivity (Wildman–Crippen MR) is 97.8 cm³/mol. The average Bonchev–Trinajstić information content (AvgIpc) is 2.84. The minimum Gasteiger partial charge on any atom is -0.310 e. The van der Waals surface area contributed by atoms with Crippen LogP contribution < -0.4 is 10.4 Å². The van der Waals surface area contributed by atoms with E-state index in [1.54, 1.807) is 17.6 Å². The van der Waals surface area contributed by atoms with Crippen LogP contribution in [0.25, 0.3) is 0 Å². The lowest BCUT2D eigenvalue weighted by atomic mass is 10.0. The van der Waals surface area contributed by atoms with Gasteiger partial charge in [0.1, 0.15) is 0 Å². The van der Waals surface area contributed by atoms with Crippen molar-refractivity contribution in [3.05, 3.63) is 89.5 Å². The minimum atomic E-state index is -0.511. The van der Waals surface area contributed by atoms with Crippen LogP contribution in [0.3, 0.4) is 0 Å². The standard InChI is InChI=1S/C21H18N2O2/c24-21(22-25)17-11-13-18(14-12-17)23-19-7-3-1-5-15(19)9-10-16-6-2-4-8-20(16)23/h1-8,11-14,25H,9-10H2,(H,22,24). The molecule has 0 atom stereocenters. The van der Waals surface area contributed by atoms with Gasteiger partial charge < -0.3 is 4.90 Å². The van der Waals surface area contributed by atoms with Gasteiger partial charge in [-0.05, 0) is 60.4 Å². The van der Waals surface area contributed by atoms with Crippen LogP contribution in [0.2, 0.25) is 0 Å². The van der Waals surface area contributed by atoms with Crippen molar-refractivity contribution in [2.45, 2.75) is 12.8 Å². The lowest BCUT2D eigenvalue weighted by molar-refractivity contribution is 0.0706. The van der Waals surface area contributed by atoms with Crippen molar-refractivity contribution >= 4 is 23.0 Å². The number of carbonyl (C=O) groups excluding carboxylic acids is 1. The van der Waals surface area contributed by atoms with E-state index in [9.17, 15) is 4.79 Å². The fraction of sp³-hybridized carbons (Fsp3) is 0.0952. The second kappa shape index (κ2) is 6.42. The first-order valence-electron chi connectivity index (χ1n) is 8.28. The monoisotopic (exact) mass is 330 g/mol. The quantitative estimate of drug-likeness (QED) is 0.542. The summed E-state index contributed by atoms with van der Waals surface area (Å²) in [7, 11) is 0. The highest BCUT2D eigenvalue weighted by Gasteiger charge is 2.21. The van der Waals surface area contributed by atoms with Crippen LogP contribution in [0.15, 0.2) is 72.8 Å². The molecule has 1 amide bonds. The second-order valence-electron chi connectivity index (χ2n) is 6.08. The van der Waals surface area contributed by atoms with Gasteiger partial charge in [-0.1, -0.05) is 36.4 Å². The van der Waals surface area contributed by atoms with E-state index in [-0.39, 0.29) is 0 Å². The molecule has 1 aliphatic heterocycles. The predicted octanol–water partition coefficient (Wildman–Crippen LogP) is 4.37. The Morgan fingerprint density at radius 3 is 1.84 bits per heavy atom. The van der Waals surface area contributed by atoms with Crippen LogP contribution in [-0.2, 0) is 12.8 Å². The highest BCUT2D eigenvalue weighted by atomic mass is 16.5. The van der Waals surface area contributed by atoms with Gasteiger partial charge in [-0.15, -0.1) is 0 Å². The lowest BCUT2D eigenvalue weighted by Crippen LogP contribution is -2.18. The van der Waals surface area contributed by atoms with Crippen LogP contribution in [0.1, 0.15) is 21.5 Å². The van der Waals surface area contributed by atoms with Crippen molar-refractivity contribution < 1.29 is 10.0 Å². The van der Waals surface area contributed by atoms with Gasteiger partial charge >= 0.3 is 0 Å². The fourth-order valence-electron chi connectivity index (χ4n) is 3.38. The molecule has 2 N–H and O–H groups in total. The third-order valence-corrected chi connectivity index (χ3v) is 4.62. The largest absolute Gasteiger partial charge is 0.310 e. The lowest BCUT2D eigenvalue weighted by Gasteiger charge is -2.27. The van der Waals surface area contributed by atoms with Crippen LogP contribution in [-0.4, -0.2) is 11.1 Å².